The Balaban J connectivity index is 2.14. The lowest BCUT2D eigenvalue weighted by Crippen LogP contribution is -2.39. The fourth-order valence-electron chi connectivity index (χ4n) is 3.29. The number of aromatic nitrogens is 2. The normalized spacial score (nSPS) is 23.5. The van der Waals surface area contributed by atoms with Gasteiger partial charge >= 0.3 is 0 Å². The van der Waals surface area contributed by atoms with Crippen molar-refractivity contribution in [2.45, 2.75) is 45.7 Å². The van der Waals surface area contributed by atoms with Crippen LogP contribution in [0.1, 0.15) is 37.4 Å². The van der Waals surface area contributed by atoms with Gasteiger partial charge in [0, 0.05) is 25.2 Å². The third-order valence-electron chi connectivity index (χ3n) is 4.43. The minimum Gasteiger partial charge on any atom is -0.330 e. The highest BCUT2D eigenvalue weighted by atomic mass is 35.5. The third kappa shape index (κ3) is 2.96. The summed E-state index contributed by atoms with van der Waals surface area (Å²) in [5.41, 5.74) is 8.10. The zero-order chi connectivity index (χ0) is 14.0. The van der Waals surface area contributed by atoms with Crippen LogP contribution in [0.4, 0.5) is 0 Å². The lowest BCUT2D eigenvalue weighted by Gasteiger charge is -2.31. The number of hydrogen-bond donors (Lipinski definition) is 1. The van der Waals surface area contributed by atoms with Gasteiger partial charge in [-0.25, -0.2) is 0 Å². The monoisotopic (exact) mass is 284 g/mol. The summed E-state index contributed by atoms with van der Waals surface area (Å²) >= 11 is 6.34. The Morgan fingerprint density at radius 3 is 2.74 bits per heavy atom. The molecule has 0 aliphatic heterocycles. The van der Waals surface area contributed by atoms with Gasteiger partial charge in [-0.2, -0.15) is 5.10 Å². The van der Waals surface area contributed by atoms with Crippen LogP contribution in [0.25, 0.3) is 0 Å². The largest absolute Gasteiger partial charge is 0.330 e. The van der Waals surface area contributed by atoms with Gasteiger partial charge in [-0.05, 0) is 38.8 Å². The summed E-state index contributed by atoms with van der Waals surface area (Å²) in [4.78, 5) is 2.51. The second-order valence-electron chi connectivity index (χ2n) is 5.54. The van der Waals surface area contributed by atoms with Gasteiger partial charge in [0.05, 0.1) is 5.69 Å². The number of nitrogens with two attached hydrogens (primary N) is 1. The van der Waals surface area contributed by atoms with Crippen LogP contribution in [-0.4, -0.2) is 33.8 Å². The summed E-state index contributed by atoms with van der Waals surface area (Å²) in [5, 5.41) is 5.16. The van der Waals surface area contributed by atoms with Gasteiger partial charge in [0.1, 0.15) is 5.15 Å². The molecule has 1 aliphatic carbocycles. The van der Waals surface area contributed by atoms with Gasteiger partial charge < -0.3 is 5.73 Å². The van der Waals surface area contributed by atoms with E-state index in [4.69, 9.17) is 17.3 Å². The molecule has 0 saturated heterocycles. The topological polar surface area (TPSA) is 47.1 Å². The summed E-state index contributed by atoms with van der Waals surface area (Å²) < 4.78 is 1.76. The zero-order valence-electron chi connectivity index (χ0n) is 12.2. The van der Waals surface area contributed by atoms with Gasteiger partial charge in [0.25, 0.3) is 0 Å². The molecule has 2 unspecified atom stereocenters. The van der Waals surface area contributed by atoms with Crippen LogP contribution in [0.5, 0.6) is 0 Å². The minimum atomic E-state index is 0.602. The predicted molar refractivity (Wildman–Crippen MR) is 79.2 cm³/mol. The predicted octanol–water partition coefficient (Wildman–Crippen LogP) is 2.33. The van der Waals surface area contributed by atoms with Crippen LogP contribution in [-0.2, 0) is 13.6 Å². The number of rotatable bonds is 5. The van der Waals surface area contributed by atoms with E-state index in [0.29, 0.717) is 12.0 Å². The van der Waals surface area contributed by atoms with Crippen molar-refractivity contribution in [1.82, 2.24) is 14.7 Å². The Kier molecular flexibility index (Phi) is 4.87. The summed E-state index contributed by atoms with van der Waals surface area (Å²) in [6.45, 7) is 6.96. The quantitative estimate of drug-likeness (QED) is 0.903. The molecule has 1 aromatic rings. The lowest BCUT2D eigenvalue weighted by atomic mass is 10.0. The Labute approximate surface area is 120 Å². The van der Waals surface area contributed by atoms with Crippen LogP contribution < -0.4 is 5.73 Å². The Morgan fingerprint density at radius 2 is 2.21 bits per heavy atom. The number of aryl methyl sites for hydroxylation is 2. The van der Waals surface area contributed by atoms with Crippen molar-refractivity contribution in [3.63, 3.8) is 0 Å². The lowest BCUT2D eigenvalue weighted by molar-refractivity contribution is 0.162. The first-order chi connectivity index (χ1) is 9.08. The highest BCUT2D eigenvalue weighted by molar-refractivity contribution is 6.30. The number of halogens is 1. The van der Waals surface area contributed by atoms with Crippen molar-refractivity contribution >= 4 is 11.6 Å². The van der Waals surface area contributed by atoms with Crippen LogP contribution in [0.3, 0.4) is 0 Å². The van der Waals surface area contributed by atoms with E-state index >= 15 is 0 Å². The molecule has 2 atom stereocenters. The van der Waals surface area contributed by atoms with E-state index in [-0.39, 0.29) is 0 Å². The Bertz CT molecular complexity index is 429. The van der Waals surface area contributed by atoms with E-state index in [1.54, 1.807) is 4.68 Å². The van der Waals surface area contributed by atoms with Crippen molar-refractivity contribution in [3.05, 3.63) is 16.4 Å². The summed E-state index contributed by atoms with van der Waals surface area (Å²) in [5.74, 6) is 0.635. The first kappa shape index (κ1) is 14.8. The molecule has 1 aliphatic rings. The number of nitrogens with zero attached hydrogens (tertiary/aromatic N) is 3. The molecule has 0 amide bonds. The zero-order valence-corrected chi connectivity index (χ0v) is 13.0. The summed E-state index contributed by atoms with van der Waals surface area (Å²) in [6, 6.07) is 0.602. The van der Waals surface area contributed by atoms with Crippen molar-refractivity contribution in [3.8, 4) is 0 Å². The molecule has 4 nitrogen and oxygen atoms in total. The second kappa shape index (κ2) is 6.25. The molecule has 1 fully saturated rings. The first-order valence-corrected chi connectivity index (χ1v) is 7.58. The molecule has 108 valence electrons. The molecule has 0 bridgehead atoms. The number of hydrogen-bond acceptors (Lipinski definition) is 3. The molecule has 0 spiro atoms. The van der Waals surface area contributed by atoms with Crippen molar-refractivity contribution in [2.75, 3.05) is 13.1 Å². The van der Waals surface area contributed by atoms with Crippen molar-refractivity contribution in [1.29, 1.82) is 0 Å². The standard InChI is InChI=1S/C14H25ClN4/c1-4-19(13-7-5-6-11(13)8-16)9-12-10(2)17-18(3)14(12)15/h11,13H,4-9,16H2,1-3H3. The van der Waals surface area contributed by atoms with Gasteiger partial charge in [0.2, 0.25) is 0 Å². The molecular weight excluding hydrogens is 260 g/mol. The van der Waals surface area contributed by atoms with Gasteiger partial charge in [-0.3, -0.25) is 9.58 Å². The van der Waals surface area contributed by atoms with E-state index in [9.17, 15) is 0 Å². The third-order valence-corrected chi connectivity index (χ3v) is 4.90. The van der Waals surface area contributed by atoms with E-state index in [2.05, 4.69) is 16.9 Å². The molecule has 5 heteroatoms. The highest BCUT2D eigenvalue weighted by Crippen LogP contribution is 2.31. The average molecular weight is 285 g/mol. The summed E-state index contributed by atoms with van der Waals surface area (Å²) in [7, 11) is 1.90. The highest BCUT2D eigenvalue weighted by Gasteiger charge is 2.31. The van der Waals surface area contributed by atoms with E-state index in [0.717, 1.165) is 36.0 Å². The van der Waals surface area contributed by atoms with Crippen LogP contribution in [0, 0.1) is 12.8 Å². The maximum absolute atomic E-state index is 6.34. The molecule has 1 heterocycles. The van der Waals surface area contributed by atoms with E-state index in [1.165, 1.54) is 19.3 Å². The van der Waals surface area contributed by atoms with Crippen LogP contribution >= 0.6 is 11.6 Å². The van der Waals surface area contributed by atoms with Gasteiger partial charge in [-0.1, -0.05) is 24.9 Å². The first-order valence-electron chi connectivity index (χ1n) is 7.20. The van der Waals surface area contributed by atoms with Gasteiger partial charge in [0.15, 0.2) is 0 Å². The van der Waals surface area contributed by atoms with Crippen LogP contribution in [0.2, 0.25) is 5.15 Å². The summed E-state index contributed by atoms with van der Waals surface area (Å²) in [6.07, 6.45) is 3.81. The Morgan fingerprint density at radius 1 is 1.47 bits per heavy atom. The molecule has 0 radical (unpaired) electrons. The maximum atomic E-state index is 6.34. The smallest absolute Gasteiger partial charge is 0.131 e. The SMILES string of the molecule is CCN(Cc1c(C)nn(C)c1Cl)C1CCCC1CN. The molecule has 19 heavy (non-hydrogen) atoms. The fraction of sp³-hybridized carbons (Fsp3) is 0.786. The molecular formula is C14H25ClN4. The van der Waals surface area contributed by atoms with Crippen LogP contribution in [0.15, 0.2) is 0 Å². The minimum absolute atomic E-state index is 0.602. The molecule has 1 saturated carbocycles. The fourth-order valence-corrected chi connectivity index (χ4v) is 3.53. The van der Waals surface area contributed by atoms with Crippen molar-refractivity contribution in [2.24, 2.45) is 18.7 Å². The maximum Gasteiger partial charge on any atom is 0.131 e. The van der Waals surface area contributed by atoms with Crippen molar-refractivity contribution < 1.29 is 0 Å². The molecule has 2 rings (SSSR count). The average Bonchev–Trinajstić information content (AvgIpc) is 2.95. The molecule has 0 aromatic carbocycles. The molecule has 1 aromatic heterocycles. The Hall–Kier alpha value is -0.580. The second-order valence-corrected chi connectivity index (χ2v) is 5.89. The van der Waals surface area contributed by atoms with E-state index in [1.807, 2.05) is 14.0 Å². The van der Waals surface area contributed by atoms with E-state index < -0.39 is 0 Å². The molecule has 2 N–H and O–H groups in total. The van der Waals surface area contributed by atoms with Gasteiger partial charge in [-0.15, -0.1) is 0 Å².